The minimum absolute atomic E-state index is 0.123. The summed E-state index contributed by atoms with van der Waals surface area (Å²) in [5, 5.41) is 3.09. The maximum absolute atomic E-state index is 12.4. The lowest BCUT2D eigenvalue weighted by atomic mass is 10.1. The summed E-state index contributed by atoms with van der Waals surface area (Å²) < 4.78 is 11.7. The molecule has 0 saturated carbocycles. The van der Waals surface area contributed by atoms with Crippen molar-refractivity contribution < 1.29 is 19.2 Å². The highest BCUT2D eigenvalue weighted by molar-refractivity contribution is 5.76. The van der Waals surface area contributed by atoms with Gasteiger partial charge in [-0.1, -0.05) is 6.42 Å². The van der Waals surface area contributed by atoms with E-state index >= 15 is 0 Å². The number of carbonyl (C=O) groups excluding carboxylic acids is 1. The highest BCUT2D eigenvalue weighted by atomic mass is 16.5. The van der Waals surface area contributed by atoms with Gasteiger partial charge in [0.05, 0.1) is 19.7 Å². The number of quaternary nitrogens is 1. The van der Waals surface area contributed by atoms with Crippen molar-refractivity contribution in [1.29, 1.82) is 0 Å². The van der Waals surface area contributed by atoms with Crippen LogP contribution in [0.3, 0.4) is 0 Å². The third-order valence-electron chi connectivity index (χ3n) is 5.33. The maximum Gasteiger partial charge on any atom is 0.275 e. The highest BCUT2D eigenvalue weighted by Gasteiger charge is 2.22. The Balaban J connectivity index is 1.57. The number of likely N-dealkylation sites (tertiary alicyclic amines) is 1. The standard InChI is InChI=1S/C21H32N2O3/c1-3-25-19-12-17-11-16(2)26-20(17)13-18(19)14-22-21(24)15-23-9-7-5-4-6-8-10-23/h12-13,16H,3-11,14-15H2,1-2H3,(H,22,24)/p+1/t16-/m0/s1. The minimum atomic E-state index is 0.123. The third-order valence-corrected chi connectivity index (χ3v) is 5.33. The Labute approximate surface area is 157 Å². The van der Waals surface area contributed by atoms with Crippen molar-refractivity contribution in [2.45, 2.75) is 65.0 Å². The molecule has 5 nitrogen and oxygen atoms in total. The topological polar surface area (TPSA) is 52.0 Å². The van der Waals surface area contributed by atoms with E-state index in [1.807, 2.05) is 13.0 Å². The summed E-state index contributed by atoms with van der Waals surface area (Å²) in [6.07, 6.45) is 7.54. The van der Waals surface area contributed by atoms with Gasteiger partial charge in [-0.2, -0.15) is 0 Å². The summed E-state index contributed by atoms with van der Waals surface area (Å²) in [7, 11) is 0. The lowest BCUT2D eigenvalue weighted by Gasteiger charge is -2.21. The molecule has 144 valence electrons. The van der Waals surface area contributed by atoms with Crippen molar-refractivity contribution in [3.63, 3.8) is 0 Å². The quantitative estimate of drug-likeness (QED) is 0.813. The predicted octanol–water partition coefficient (Wildman–Crippen LogP) is 1.87. The minimum Gasteiger partial charge on any atom is -0.494 e. The molecule has 26 heavy (non-hydrogen) atoms. The Bertz CT molecular complexity index is 610. The number of carbonyl (C=O) groups is 1. The van der Waals surface area contributed by atoms with Crippen LogP contribution in [0.25, 0.3) is 0 Å². The van der Waals surface area contributed by atoms with Crippen LogP contribution in [-0.2, 0) is 17.8 Å². The second kappa shape index (κ2) is 9.26. The van der Waals surface area contributed by atoms with E-state index in [2.05, 4.69) is 18.3 Å². The Kier molecular flexibility index (Phi) is 6.78. The third kappa shape index (κ3) is 5.13. The van der Waals surface area contributed by atoms with Gasteiger partial charge in [0, 0.05) is 24.1 Å². The second-order valence-corrected chi connectivity index (χ2v) is 7.60. The van der Waals surface area contributed by atoms with Crippen LogP contribution in [0.2, 0.25) is 0 Å². The fourth-order valence-electron chi connectivity index (χ4n) is 3.97. The summed E-state index contributed by atoms with van der Waals surface area (Å²) >= 11 is 0. The Morgan fingerprint density at radius 1 is 1.23 bits per heavy atom. The van der Waals surface area contributed by atoms with E-state index in [9.17, 15) is 4.79 Å². The van der Waals surface area contributed by atoms with E-state index in [4.69, 9.17) is 9.47 Å². The summed E-state index contributed by atoms with van der Waals surface area (Å²) in [4.78, 5) is 13.8. The second-order valence-electron chi connectivity index (χ2n) is 7.60. The summed E-state index contributed by atoms with van der Waals surface area (Å²) in [5.41, 5.74) is 2.19. The first-order valence-corrected chi connectivity index (χ1v) is 10.2. The molecule has 0 aliphatic carbocycles. The van der Waals surface area contributed by atoms with Gasteiger partial charge in [0.2, 0.25) is 0 Å². The number of amides is 1. The normalized spacial score (nSPS) is 20.6. The number of hydrogen-bond donors (Lipinski definition) is 2. The van der Waals surface area contributed by atoms with Crippen molar-refractivity contribution >= 4 is 5.91 Å². The lowest BCUT2D eigenvalue weighted by molar-refractivity contribution is -0.893. The molecule has 0 aromatic heterocycles. The number of nitrogens with one attached hydrogen (secondary N) is 2. The Morgan fingerprint density at radius 3 is 2.69 bits per heavy atom. The maximum atomic E-state index is 12.4. The zero-order chi connectivity index (χ0) is 18.4. The number of ether oxygens (including phenoxy) is 2. The molecular formula is C21H33N2O3+. The number of hydrogen-bond acceptors (Lipinski definition) is 3. The van der Waals surface area contributed by atoms with E-state index in [1.165, 1.54) is 42.6 Å². The highest BCUT2D eigenvalue weighted by Crippen LogP contribution is 2.35. The molecule has 0 radical (unpaired) electrons. The van der Waals surface area contributed by atoms with Crippen molar-refractivity contribution in [3.8, 4) is 11.5 Å². The van der Waals surface area contributed by atoms with Crippen molar-refractivity contribution in [1.82, 2.24) is 5.32 Å². The molecule has 2 aliphatic heterocycles. The van der Waals surface area contributed by atoms with Gasteiger partial charge in [0.1, 0.15) is 17.6 Å². The molecule has 1 aromatic rings. The van der Waals surface area contributed by atoms with Crippen LogP contribution in [0.4, 0.5) is 0 Å². The van der Waals surface area contributed by atoms with Gasteiger partial charge in [0.25, 0.3) is 5.91 Å². The predicted molar refractivity (Wildman–Crippen MR) is 102 cm³/mol. The summed E-state index contributed by atoms with van der Waals surface area (Å²) in [6, 6.07) is 4.11. The molecule has 1 amide bonds. The van der Waals surface area contributed by atoms with Crippen LogP contribution in [0, 0.1) is 0 Å². The van der Waals surface area contributed by atoms with Crippen molar-refractivity contribution in [2.24, 2.45) is 0 Å². The molecule has 1 saturated heterocycles. The first-order valence-electron chi connectivity index (χ1n) is 10.2. The molecule has 1 fully saturated rings. The molecule has 2 N–H and O–H groups in total. The first-order chi connectivity index (χ1) is 12.7. The van der Waals surface area contributed by atoms with E-state index in [0.717, 1.165) is 36.6 Å². The van der Waals surface area contributed by atoms with Gasteiger partial charge in [-0.25, -0.2) is 0 Å². The summed E-state index contributed by atoms with van der Waals surface area (Å²) in [6.45, 7) is 7.97. The van der Waals surface area contributed by atoms with Gasteiger partial charge in [-0.15, -0.1) is 0 Å². The van der Waals surface area contributed by atoms with Crippen LogP contribution < -0.4 is 19.7 Å². The van der Waals surface area contributed by atoms with Crippen LogP contribution >= 0.6 is 0 Å². The number of benzene rings is 1. The van der Waals surface area contributed by atoms with Crippen molar-refractivity contribution in [2.75, 3.05) is 26.2 Å². The monoisotopic (exact) mass is 361 g/mol. The van der Waals surface area contributed by atoms with Gasteiger partial charge in [-0.3, -0.25) is 4.79 Å². The van der Waals surface area contributed by atoms with Crippen LogP contribution in [0.15, 0.2) is 12.1 Å². The van der Waals surface area contributed by atoms with Gasteiger partial charge in [-0.05, 0) is 51.7 Å². The molecule has 1 aromatic carbocycles. The van der Waals surface area contributed by atoms with E-state index in [0.29, 0.717) is 19.7 Å². The van der Waals surface area contributed by atoms with Gasteiger partial charge in [0.15, 0.2) is 6.54 Å². The van der Waals surface area contributed by atoms with Crippen LogP contribution in [0.1, 0.15) is 57.1 Å². The SMILES string of the molecule is CCOc1cc2c(cc1CNC(=O)C[NH+]1CCCCCCC1)O[C@@H](C)C2. The molecule has 0 bridgehead atoms. The molecule has 1 atom stereocenters. The molecule has 3 rings (SSSR count). The van der Waals surface area contributed by atoms with Crippen LogP contribution in [0.5, 0.6) is 11.5 Å². The van der Waals surface area contributed by atoms with E-state index < -0.39 is 0 Å². The van der Waals surface area contributed by atoms with E-state index in [1.54, 1.807) is 0 Å². The summed E-state index contributed by atoms with van der Waals surface area (Å²) in [5.74, 6) is 1.92. The van der Waals surface area contributed by atoms with E-state index in [-0.39, 0.29) is 12.0 Å². The number of fused-ring (bicyclic) bond motifs is 1. The molecule has 5 heteroatoms. The lowest BCUT2D eigenvalue weighted by Crippen LogP contribution is -3.13. The fourth-order valence-corrected chi connectivity index (χ4v) is 3.97. The Morgan fingerprint density at radius 2 is 1.96 bits per heavy atom. The first kappa shape index (κ1) is 19.0. The van der Waals surface area contributed by atoms with Crippen LogP contribution in [-0.4, -0.2) is 38.3 Å². The Hall–Kier alpha value is -1.75. The molecule has 2 aliphatic rings. The largest absolute Gasteiger partial charge is 0.494 e. The fraction of sp³-hybridized carbons (Fsp3) is 0.667. The average molecular weight is 362 g/mol. The van der Waals surface area contributed by atoms with Crippen molar-refractivity contribution in [3.05, 3.63) is 23.3 Å². The van der Waals surface area contributed by atoms with Gasteiger partial charge >= 0.3 is 0 Å². The zero-order valence-corrected chi connectivity index (χ0v) is 16.2. The number of rotatable bonds is 6. The molecule has 0 spiro atoms. The average Bonchev–Trinajstić information content (AvgIpc) is 2.94. The smallest absolute Gasteiger partial charge is 0.275 e. The molecule has 0 unspecified atom stereocenters. The zero-order valence-electron chi connectivity index (χ0n) is 16.2. The molecular weight excluding hydrogens is 328 g/mol. The van der Waals surface area contributed by atoms with Gasteiger partial charge < -0.3 is 19.7 Å². The molecule has 2 heterocycles.